The molecule has 0 N–H and O–H groups in total. The highest BCUT2D eigenvalue weighted by atomic mass is 15.3. The van der Waals surface area contributed by atoms with Crippen LogP contribution in [0.15, 0.2) is 0 Å². The Morgan fingerprint density at radius 3 is 2.13 bits per heavy atom. The van der Waals surface area contributed by atoms with Crippen LogP contribution in [0.2, 0.25) is 0 Å². The molecule has 0 amide bonds. The van der Waals surface area contributed by atoms with E-state index >= 15 is 0 Å². The molecule has 2 aliphatic rings. The second-order valence-electron chi connectivity index (χ2n) is 5.64. The molecule has 2 fully saturated rings. The quantitative estimate of drug-likeness (QED) is 0.689. The third-order valence-electron chi connectivity index (χ3n) is 4.36. The van der Waals surface area contributed by atoms with Crippen molar-refractivity contribution >= 4 is 0 Å². The maximum Gasteiger partial charge on any atom is 0.0122 e. The topological polar surface area (TPSA) is 6.48 Å². The molecule has 0 aromatic carbocycles. The maximum atomic E-state index is 2.75. The highest BCUT2D eigenvalue weighted by Gasteiger charge is 2.31. The molecule has 1 heterocycles. The monoisotopic (exact) mass is 210 g/mol. The fourth-order valence-corrected chi connectivity index (χ4v) is 3.25. The van der Waals surface area contributed by atoms with E-state index in [2.05, 4.69) is 30.6 Å². The van der Waals surface area contributed by atoms with E-state index in [4.69, 9.17) is 0 Å². The van der Waals surface area contributed by atoms with Gasteiger partial charge in [-0.2, -0.15) is 0 Å². The van der Waals surface area contributed by atoms with Crippen LogP contribution in [0, 0.1) is 5.92 Å². The van der Waals surface area contributed by atoms with Crippen LogP contribution in [0.1, 0.15) is 40.0 Å². The predicted octanol–water partition coefficient (Wildman–Crippen LogP) is 2.20. The Morgan fingerprint density at radius 2 is 1.67 bits per heavy atom. The minimum atomic E-state index is 0.730. The van der Waals surface area contributed by atoms with Gasteiger partial charge in [0.25, 0.3) is 0 Å². The zero-order valence-corrected chi connectivity index (χ0v) is 10.6. The van der Waals surface area contributed by atoms with E-state index in [1.54, 1.807) is 0 Å². The zero-order valence-electron chi connectivity index (χ0n) is 10.6. The van der Waals surface area contributed by atoms with Crippen LogP contribution in [-0.4, -0.2) is 48.1 Å². The Labute approximate surface area is 94.6 Å². The van der Waals surface area contributed by atoms with E-state index in [0.29, 0.717) is 0 Å². The smallest absolute Gasteiger partial charge is 0.0122 e. The molecule has 1 saturated carbocycles. The average Bonchev–Trinajstić information content (AvgIpc) is 2.65. The Kier molecular flexibility index (Phi) is 3.68. The van der Waals surface area contributed by atoms with E-state index in [1.165, 1.54) is 45.4 Å². The lowest BCUT2D eigenvalue weighted by molar-refractivity contribution is 0.0672. The molecular weight excluding hydrogens is 184 g/mol. The summed E-state index contributed by atoms with van der Waals surface area (Å²) in [6.07, 6.45) is 4.36. The van der Waals surface area contributed by atoms with E-state index in [0.717, 1.165) is 18.0 Å². The van der Waals surface area contributed by atoms with Gasteiger partial charge in [-0.3, -0.25) is 9.80 Å². The zero-order chi connectivity index (χ0) is 10.8. The van der Waals surface area contributed by atoms with Crippen molar-refractivity contribution in [2.75, 3.05) is 26.2 Å². The first kappa shape index (κ1) is 11.4. The van der Waals surface area contributed by atoms with Crippen molar-refractivity contribution in [3.8, 4) is 0 Å². The molecule has 0 bridgehead atoms. The summed E-state index contributed by atoms with van der Waals surface area (Å²) < 4.78 is 0. The Morgan fingerprint density at radius 1 is 1.00 bits per heavy atom. The van der Waals surface area contributed by atoms with Gasteiger partial charge in [0.05, 0.1) is 0 Å². The van der Waals surface area contributed by atoms with E-state index in [9.17, 15) is 0 Å². The summed E-state index contributed by atoms with van der Waals surface area (Å²) in [5, 5.41) is 0. The number of piperazine rings is 1. The standard InChI is InChI=1S/C13H26N2/c1-11(2)14-7-9-15(10-8-14)13-6-4-5-12(13)3/h11-13H,4-10H2,1-3H3/t12-,13-/m0/s1. The van der Waals surface area contributed by atoms with Gasteiger partial charge in [-0.05, 0) is 32.6 Å². The lowest BCUT2D eigenvalue weighted by atomic mass is 10.0. The van der Waals surface area contributed by atoms with Crippen LogP contribution >= 0.6 is 0 Å². The summed E-state index contributed by atoms with van der Waals surface area (Å²) in [6.45, 7) is 12.2. The third kappa shape index (κ3) is 2.54. The molecule has 0 aromatic rings. The SMILES string of the molecule is CC(C)N1CCN([C@H]2CCC[C@@H]2C)CC1. The first-order valence-electron chi connectivity index (χ1n) is 6.66. The predicted molar refractivity (Wildman–Crippen MR) is 65.1 cm³/mol. The van der Waals surface area contributed by atoms with Crippen LogP contribution in [-0.2, 0) is 0 Å². The average molecular weight is 210 g/mol. The second-order valence-corrected chi connectivity index (χ2v) is 5.64. The van der Waals surface area contributed by atoms with Crippen LogP contribution < -0.4 is 0 Å². The van der Waals surface area contributed by atoms with Gasteiger partial charge in [-0.25, -0.2) is 0 Å². The Hall–Kier alpha value is -0.0800. The second kappa shape index (κ2) is 4.84. The van der Waals surface area contributed by atoms with Gasteiger partial charge in [0.1, 0.15) is 0 Å². The molecule has 0 aromatic heterocycles. The van der Waals surface area contributed by atoms with Gasteiger partial charge in [0, 0.05) is 38.3 Å². The molecule has 2 atom stereocenters. The maximum absolute atomic E-state index is 2.75. The summed E-state index contributed by atoms with van der Waals surface area (Å²) in [4.78, 5) is 5.35. The van der Waals surface area contributed by atoms with E-state index in [1.807, 2.05) is 0 Å². The van der Waals surface area contributed by atoms with Crippen LogP contribution in [0.3, 0.4) is 0 Å². The van der Waals surface area contributed by atoms with Gasteiger partial charge in [0.2, 0.25) is 0 Å². The summed E-state index contributed by atoms with van der Waals surface area (Å²) in [6, 6.07) is 1.63. The summed E-state index contributed by atoms with van der Waals surface area (Å²) >= 11 is 0. The molecule has 88 valence electrons. The molecule has 0 radical (unpaired) electrons. The van der Waals surface area contributed by atoms with Gasteiger partial charge >= 0.3 is 0 Å². The molecule has 2 nitrogen and oxygen atoms in total. The van der Waals surface area contributed by atoms with Crippen molar-refractivity contribution in [1.82, 2.24) is 9.80 Å². The lowest BCUT2D eigenvalue weighted by Gasteiger charge is -2.41. The fraction of sp³-hybridized carbons (Fsp3) is 1.00. The van der Waals surface area contributed by atoms with Crippen molar-refractivity contribution < 1.29 is 0 Å². The van der Waals surface area contributed by atoms with E-state index < -0.39 is 0 Å². The van der Waals surface area contributed by atoms with Crippen molar-refractivity contribution in [2.45, 2.75) is 52.1 Å². The van der Waals surface area contributed by atoms with Crippen molar-refractivity contribution in [1.29, 1.82) is 0 Å². The summed E-state index contributed by atoms with van der Waals surface area (Å²) in [5.41, 5.74) is 0. The number of hydrogen-bond donors (Lipinski definition) is 0. The fourth-order valence-electron chi connectivity index (χ4n) is 3.25. The molecule has 1 aliphatic carbocycles. The van der Waals surface area contributed by atoms with Crippen molar-refractivity contribution in [3.05, 3.63) is 0 Å². The molecule has 1 saturated heterocycles. The Bertz CT molecular complexity index is 195. The molecule has 0 spiro atoms. The molecule has 15 heavy (non-hydrogen) atoms. The van der Waals surface area contributed by atoms with Crippen molar-refractivity contribution in [3.63, 3.8) is 0 Å². The van der Waals surface area contributed by atoms with E-state index in [-0.39, 0.29) is 0 Å². The summed E-state index contributed by atoms with van der Waals surface area (Å²) in [7, 11) is 0. The first-order valence-corrected chi connectivity index (χ1v) is 6.66. The van der Waals surface area contributed by atoms with Gasteiger partial charge in [-0.1, -0.05) is 13.3 Å². The minimum absolute atomic E-state index is 0.730. The molecule has 1 aliphatic heterocycles. The number of hydrogen-bond acceptors (Lipinski definition) is 2. The normalized spacial score (nSPS) is 35.2. The van der Waals surface area contributed by atoms with Crippen LogP contribution in [0.4, 0.5) is 0 Å². The van der Waals surface area contributed by atoms with Crippen LogP contribution in [0.25, 0.3) is 0 Å². The molecule has 0 unspecified atom stereocenters. The largest absolute Gasteiger partial charge is 0.298 e. The van der Waals surface area contributed by atoms with Gasteiger partial charge < -0.3 is 0 Å². The lowest BCUT2D eigenvalue weighted by Crippen LogP contribution is -2.52. The summed E-state index contributed by atoms with van der Waals surface area (Å²) in [5.74, 6) is 0.940. The first-order chi connectivity index (χ1) is 7.18. The molecule has 2 rings (SSSR count). The third-order valence-corrected chi connectivity index (χ3v) is 4.36. The Balaban J connectivity index is 1.82. The van der Waals surface area contributed by atoms with Gasteiger partial charge in [0.15, 0.2) is 0 Å². The van der Waals surface area contributed by atoms with Crippen LogP contribution in [0.5, 0.6) is 0 Å². The highest BCUT2D eigenvalue weighted by Crippen LogP contribution is 2.30. The number of rotatable bonds is 2. The molecular formula is C13H26N2. The highest BCUT2D eigenvalue weighted by molar-refractivity contribution is 4.86. The molecule has 2 heteroatoms. The van der Waals surface area contributed by atoms with Crippen molar-refractivity contribution in [2.24, 2.45) is 5.92 Å². The minimum Gasteiger partial charge on any atom is -0.298 e. The van der Waals surface area contributed by atoms with Gasteiger partial charge in [-0.15, -0.1) is 0 Å². The number of nitrogens with zero attached hydrogens (tertiary/aromatic N) is 2.